The second-order valence-corrected chi connectivity index (χ2v) is 6.78. The maximum absolute atomic E-state index is 12.6. The third-order valence-electron chi connectivity index (χ3n) is 4.92. The van der Waals surface area contributed by atoms with E-state index in [1.807, 2.05) is 24.3 Å². The van der Waals surface area contributed by atoms with Crippen LogP contribution in [0.4, 0.5) is 5.69 Å². The summed E-state index contributed by atoms with van der Waals surface area (Å²) in [5.74, 6) is -0.552. The van der Waals surface area contributed by atoms with Crippen molar-refractivity contribution >= 4 is 23.5 Å². The molecule has 1 aliphatic rings. The number of imide groups is 1. The fourth-order valence-electron chi connectivity index (χ4n) is 3.33. The molecule has 3 aromatic rings. The number of hydrogen-bond acceptors (Lipinski definition) is 5. The lowest BCUT2D eigenvalue weighted by molar-refractivity contribution is 0.0508. The molecule has 0 saturated heterocycles. The van der Waals surface area contributed by atoms with Crippen molar-refractivity contribution in [1.82, 2.24) is 0 Å². The third kappa shape index (κ3) is 3.67. The molecule has 0 atom stereocenters. The number of esters is 1. The highest BCUT2D eigenvalue weighted by Gasteiger charge is 2.36. The van der Waals surface area contributed by atoms with Gasteiger partial charge >= 0.3 is 5.97 Å². The van der Waals surface area contributed by atoms with Gasteiger partial charge in [-0.3, -0.25) is 9.59 Å². The molecular formula is C24H19NO5. The first-order valence-electron chi connectivity index (χ1n) is 9.46. The number of carbonyl (C=O) groups excluding carboxylic acids is 3. The van der Waals surface area contributed by atoms with Crippen molar-refractivity contribution in [2.75, 3.05) is 18.6 Å². The molecule has 0 aromatic heterocycles. The predicted octanol–water partition coefficient (Wildman–Crippen LogP) is 3.90. The minimum Gasteiger partial charge on any atom is -0.497 e. The number of nitrogens with zero attached hydrogens (tertiary/aromatic N) is 1. The molecule has 6 heteroatoms. The molecular weight excluding hydrogens is 382 g/mol. The highest BCUT2D eigenvalue weighted by atomic mass is 16.5. The number of rotatable bonds is 6. The Morgan fingerprint density at radius 3 is 2.17 bits per heavy atom. The first-order chi connectivity index (χ1) is 14.6. The second-order valence-electron chi connectivity index (χ2n) is 6.78. The van der Waals surface area contributed by atoms with Crippen LogP contribution in [0.1, 0.15) is 36.6 Å². The highest BCUT2D eigenvalue weighted by molar-refractivity contribution is 6.34. The van der Waals surface area contributed by atoms with E-state index in [9.17, 15) is 14.4 Å². The number of methoxy groups -OCH3 is 1. The monoisotopic (exact) mass is 401 g/mol. The first kappa shape index (κ1) is 19.4. The van der Waals surface area contributed by atoms with E-state index in [0.717, 1.165) is 16.2 Å². The topological polar surface area (TPSA) is 72.9 Å². The van der Waals surface area contributed by atoms with E-state index in [-0.39, 0.29) is 12.2 Å². The Labute approximate surface area is 173 Å². The first-order valence-corrected chi connectivity index (χ1v) is 9.46. The van der Waals surface area contributed by atoms with Crippen LogP contribution in [0.25, 0.3) is 0 Å². The Balaban J connectivity index is 1.44. The minimum absolute atomic E-state index is 0.211. The largest absolute Gasteiger partial charge is 0.497 e. The molecule has 150 valence electrons. The maximum atomic E-state index is 12.6. The van der Waals surface area contributed by atoms with Crippen LogP contribution in [0.15, 0.2) is 72.8 Å². The van der Waals surface area contributed by atoms with Gasteiger partial charge in [-0.1, -0.05) is 30.3 Å². The summed E-state index contributed by atoms with van der Waals surface area (Å²) in [5.41, 5.74) is 2.35. The predicted molar refractivity (Wildman–Crippen MR) is 111 cm³/mol. The lowest BCUT2D eigenvalue weighted by atomic mass is 10.1. The van der Waals surface area contributed by atoms with Crippen molar-refractivity contribution in [2.24, 2.45) is 0 Å². The van der Waals surface area contributed by atoms with Gasteiger partial charge in [0.25, 0.3) is 11.8 Å². The van der Waals surface area contributed by atoms with Crippen LogP contribution >= 0.6 is 0 Å². The number of hydrogen-bond donors (Lipinski definition) is 0. The van der Waals surface area contributed by atoms with Crippen molar-refractivity contribution in [3.05, 3.63) is 95.1 Å². The quantitative estimate of drug-likeness (QED) is 0.463. The molecule has 0 bridgehead atoms. The highest BCUT2D eigenvalue weighted by Crippen LogP contribution is 2.28. The van der Waals surface area contributed by atoms with Crippen molar-refractivity contribution in [3.63, 3.8) is 0 Å². The van der Waals surface area contributed by atoms with Crippen LogP contribution < -0.4 is 9.64 Å². The Kier molecular flexibility index (Phi) is 5.30. The molecule has 0 radical (unpaired) electrons. The van der Waals surface area contributed by atoms with E-state index in [1.54, 1.807) is 49.6 Å². The van der Waals surface area contributed by atoms with Gasteiger partial charge in [0.15, 0.2) is 0 Å². The SMILES string of the molecule is COc1ccc(CCOC(=O)c2cccc(N3C(=O)c4ccccc4C3=O)c2)cc1. The van der Waals surface area contributed by atoms with Crippen molar-refractivity contribution < 1.29 is 23.9 Å². The second kappa shape index (κ2) is 8.21. The lowest BCUT2D eigenvalue weighted by Crippen LogP contribution is -2.29. The van der Waals surface area contributed by atoms with E-state index < -0.39 is 17.8 Å². The fraction of sp³-hybridized carbons (Fsp3) is 0.125. The molecule has 3 aromatic carbocycles. The average Bonchev–Trinajstić information content (AvgIpc) is 3.04. The molecule has 2 amide bonds. The molecule has 30 heavy (non-hydrogen) atoms. The number of fused-ring (bicyclic) bond motifs is 1. The Hall–Kier alpha value is -3.93. The zero-order valence-electron chi connectivity index (χ0n) is 16.3. The van der Waals surface area contributed by atoms with Gasteiger partial charge in [0.1, 0.15) is 5.75 Å². The Morgan fingerprint density at radius 2 is 1.53 bits per heavy atom. The molecule has 4 rings (SSSR count). The number of ether oxygens (including phenoxy) is 2. The summed E-state index contributed by atoms with van der Waals surface area (Å²) in [6.45, 7) is 0.211. The zero-order chi connectivity index (χ0) is 21.1. The van der Waals surface area contributed by atoms with Gasteiger partial charge in [-0.05, 0) is 48.0 Å². The summed E-state index contributed by atoms with van der Waals surface area (Å²) in [4.78, 5) is 38.8. The standard InChI is InChI=1S/C24H19NO5/c1-29-19-11-9-16(10-12-19)13-14-30-24(28)17-5-4-6-18(15-17)25-22(26)20-7-2-3-8-21(20)23(25)27/h2-12,15H,13-14H2,1H3. The molecule has 1 aliphatic heterocycles. The van der Waals surface area contributed by atoms with Crippen molar-refractivity contribution in [3.8, 4) is 5.75 Å². The molecule has 0 spiro atoms. The Morgan fingerprint density at radius 1 is 0.867 bits per heavy atom. The fourth-order valence-corrected chi connectivity index (χ4v) is 3.33. The van der Waals surface area contributed by atoms with Gasteiger partial charge in [0.2, 0.25) is 0 Å². The molecule has 1 heterocycles. The molecule has 0 N–H and O–H groups in total. The van der Waals surface area contributed by atoms with Gasteiger partial charge in [0.05, 0.1) is 36.1 Å². The van der Waals surface area contributed by atoms with Crippen LogP contribution in [0.2, 0.25) is 0 Å². The summed E-state index contributed by atoms with van der Waals surface area (Å²) in [6, 6.07) is 20.5. The molecule has 6 nitrogen and oxygen atoms in total. The summed E-state index contributed by atoms with van der Waals surface area (Å²) >= 11 is 0. The molecule has 0 aliphatic carbocycles. The summed E-state index contributed by atoms with van der Waals surface area (Å²) in [6.07, 6.45) is 0.563. The number of benzene rings is 3. The van der Waals surface area contributed by atoms with E-state index in [1.165, 1.54) is 6.07 Å². The minimum atomic E-state index is -0.512. The lowest BCUT2D eigenvalue weighted by Gasteiger charge is -2.15. The van der Waals surface area contributed by atoms with Crippen molar-refractivity contribution in [2.45, 2.75) is 6.42 Å². The van der Waals surface area contributed by atoms with E-state index in [2.05, 4.69) is 0 Å². The maximum Gasteiger partial charge on any atom is 0.338 e. The number of amides is 2. The van der Waals surface area contributed by atoms with Gasteiger partial charge in [-0.15, -0.1) is 0 Å². The number of anilines is 1. The summed E-state index contributed by atoms with van der Waals surface area (Å²) in [5, 5.41) is 0. The number of carbonyl (C=O) groups is 3. The molecule has 0 fully saturated rings. The third-order valence-corrected chi connectivity index (χ3v) is 4.92. The van der Waals surface area contributed by atoms with Crippen molar-refractivity contribution in [1.29, 1.82) is 0 Å². The van der Waals surface area contributed by atoms with E-state index >= 15 is 0 Å². The van der Waals surface area contributed by atoms with Gasteiger partial charge in [-0.25, -0.2) is 9.69 Å². The smallest absolute Gasteiger partial charge is 0.338 e. The normalized spacial score (nSPS) is 12.6. The van der Waals surface area contributed by atoms with Gasteiger partial charge in [-0.2, -0.15) is 0 Å². The van der Waals surface area contributed by atoms with Crippen LogP contribution in [0.3, 0.4) is 0 Å². The van der Waals surface area contributed by atoms with Crippen LogP contribution in [0.5, 0.6) is 5.75 Å². The van der Waals surface area contributed by atoms with Gasteiger partial charge in [0, 0.05) is 6.42 Å². The Bertz CT molecular complexity index is 1090. The van der Waals surface area contributed by atoms with Crippen LogP contribution in [-0.4, -0.2) is 31.5 Å². The molecule has 0 saturated carbocycles. The van der Waals surface area contributed by atoms with E-state index in [0.29, 0.717) is 23.2 Å². The van der Waals surface area contributed by atoms with E-state index in [4.69, 9.17) is 9.47 Å². The summed E-state index contributed by atoms with van der Waals surface area (Å²) < 4.78 is 10.5. The summed E-state index contributed by atoms with van der Waals surface area (Å²) in [7, 11) is 1.60. The van der Waals surface area contributed by atoms with Crippen LogP contribution in [-0.2, 0) is 11.2 Å². The average molecular weight is 401 g/mol. The zero-order valence-corrected chi connectivity index (χ0v) is 16.3. The molecule has 0 unspecified atom stereocenters. The van der Waals surface area contributed by atoms with Gasteiger partial charge < -0.3 is 9.47 Å². The van der Waals surface area contributed by atoms with Crippen LogP contribution in [0, 0.1) is 0 Å².